The molecular weight excluding hydrogens is 344 g/mol. The molecule has 1 saturated carbocycles. The molecule has 1 aliphatic carbocycles. The van der Waals surface area contributed by atoms with E-state index in [0.717, 1.165) is 30.0 Å². The molecule has 0 aliphatic heterocycles. The standard InChI is InChI=1S/C17H24N2O5S/c1-2-24-16(20)13-9-11-15(12-10-13)25(22,23)19(17(18)21)14-7-5-3-4-6-8-14/h9-12,14H,2-8H2,1H3,(H2,18,21). The topological polar surface area (TPSA) is 107 Å². The Labute approximate surface area is 148 Å². The van der Waals surface area contributed by atoms with Crippen LogP contribution in [0.5, 0.6) is 0 Å². The minimum absolute atomic E-state index is 0.0661. The fourth-order valence-electron chi connectivity index (χ4n) is 3.08. The van der Waals surface area contributed by atoms with Gasteiger partial charge in [0.15, 0.2) is 0 Å². The number of rotatable bonds is 5. The fourth-order valence-corrected chi connectivity index (χ4v) is 4.63. The van der Waals surface area contributed by atoms with Crippen LogP contribution in [0.4, 0.5) is 4.79 Å². The second-order valence-electron chi connectivity index (χ2n) is 6.03. The number of carbonyl (C=O) groups excluding carboxylic acids is 2. The molecule has 0 bridgehead atoms. The van der Waals surface area contributed by atoms with Crippen LogP contribution < -0.4 is 5.73 Å². The Hall–Kier alpha value is -2.09. The van der Waals surface area contributed by atoms with Crippen LogP contribution in [0.2, 0.25) is 0 Å². The summed E-state index contributed by atoms with van der Waals surface area (Å²) >= 11 is 0. The number of hydrogen-bond donors (Lipinski definition) is 1. The lowest BCUT2D eigenvalue weighted by Crippen LogP contribution is -2.47. The van der Waals surface area contributed by atoms with E-state index in [2.05, 4.69) is 0 Å². The number of benzene rings is 1. The van der Waals surface area contributed by atoms with Crippen molar-refractivity contribution >= 4 is 22.0 Å². The van der Waals surface area contributed by atoms with Crippen LogP contribution in [0.25, 0.3) is 0 Å². The van der Waals surface area contributed by atoms with Gasteiger partial charge in [0.2, 0.25) is 0 Å². The summed E-state index contributed by atoms with van der Waals surface area (Å²) in [5, 5.41) is 0. The van der Waals surface area contributed by atoms with E-state index in [1.165, 1.54) is 24.3 Å². The Kier molecular flexibility index (Phi) is 6.41. The van der Waals surface area contributed by atoms with Crippen molar-refractivity contribution in [3.8, 4) is 0 Å². The first-order chi connectivity index (χ1) is 11.9. The van der Waals surface area contributed by atoms with Crippen molar-refractivity contribution in [1.82, 2.24) is 4.31 Å². The smallest absolute Gasteiger partial charge is 0.338 e. The normalized spacial score (nSPS) is 16.0. The van der Waals surface area contributed by atoms with E-state index in [4.69, 9.17) is 10.5 Å². The molecule has 138 valence electrons. The third kappa shape index (κ3) is 4.50. The van der Waals surface area contributed by atoms with E-state index < -0.39 is 28.1 Å². The first kappa shape index (κ1) is 19.2. The van der Waals surface area contributed by atoms with Crippen molar-refractivity contribution in [2.75, 3.05) is 6.61 Å². The monoisotopic (exact) mass is 368 g/mol. The zero-order chi connectivity index (χ0) is 18.4. The molecule has 0 radical (unpaired) electrons. The lowest BCUT2D eigenvalue weighted by Gasteiger charge is -2.28. The zero-order valence-corrected chi connectivity index (χ0v) is 15.1. The van der Waals surface area contributed by atoms with Gasteiger partial charge in [0.05, 0.1) is 23.1 Å². The van der Waals surface area contributed by atoms with Crippen LogP contribution in [0, 0.1) is 0 Å². The van der Waals surface area contributed by atoms with Crippen molar-refractivity contribution in [3.63, 3.8) is 0 Å². The summed E-state index contributed by atoms with van der Waals surface area (Å²) in [6.45, 7) is 1.92. The second-order valence-corrected chi connectivity index (χ2v) is 7.84. The lowest BCUT2D eigenvalue weighted by atomic mass is 10.1. The van der Waals surface area contributed by atoms with Crippen LogP contribution in [-0.2, 0) is 14.8 Å². The molecule has 25 heavy (non-hydrogen) atoms. The average Bonchev–Trinajstić information content (AvgIpc) is 2.84. The minimum atomic E-state index is -4.06. The molecule has 1 aromatic rings. The second kappa shape index (κ2) is 8.33. The number of ether oxygens (including phenoxy) is 1. The SMILES string of the molecule is CCOC(=O)c1ccc(S(=O)(=O)N(C(N)=O)C2CCCCCC2)cc1. The average molecular weight is 368 g/mol. The van der Waals surface area contributed by atoms with Crippen LogP contribution in [0.3, 0.4) is 0 Å². The van der Waals surface area contributed by atoms with Gasteiger partial charge in [-0.05, 0) is 44.0 Å². The summed E-state index contributed by atoms with van der Waals surface area (Å²) in [5.74, 6) is -0.526. The molecule has 0 heterocycles. The molecule has 1 aliphatic rings. The molecule has 0 spiro atoms. The largest absolute Gasteiger partial charge is 0.462 e. The van der Waals surface area contributed by atoms with Crippen molar-refractivity contribution in [3.05, 3.63) is 29.8 Å². The molecule has 1 aromatic carbocycles. The third-order valence-corrected chi connectivity index (χ3v) is 6.16. The van der Waals surface area contributed by atoms with Gasteiger partial charge in [-0.3, -0.25) is 0 Å². The highest BCUT2D eigenvalue weighted by atomic mass is 32.2. The van der Waals surface area contributed by atoms with Crippen molar-refractivity contribution in [2.24, 2.45) is 5.73 Å². The first-order valence-electron chi connectivity index (χ1n) is 8.49. The maximum absolute atomic E-state index is 12.9. The number of primary amides is 1. The first-order valence-corrected chi connectivity index (χ1v) is 9.93. The van der Waals surface area contributed by atoms with Crippen LogP contribution >= 0.6 is 0 Å². The van der Waals surface area contributed by atoms with Gasteiger partial charge in [-0.15, -0.1) is 0 Å². The van der Waals surface area contributed by atoms with Crippen molar-refractivity contribution in [1.29, 1.82) is 0 Å². The Morgan fingerprint density at radius 3 is 2.16 bits per heavy atom. The number of nitrogens with zero attached hydrogens (tertiary/aromatic N) is 1. The molecule has 0 unspecified atom stereocenters. The molecule has 0 atom stereocenters. The van der Waals surface area contributed by atoms with E-state index in [1.54, 1.807) is 6.92 Å². The maximum atomic E-state index is 12.9. The predicted molar refractivity (Wildman–Crippen MR) is 92.5 cm³/mol. The van der Waals surface area contributed by atoms with Gasteiger partial charge in [0.25, 0.3) is 10.0 Å². The Bertz CT molecular complexity index is 707. The molecule has 8 heteroatoms. The van der Waals surface area contributed by atoms with E-state index in [1.807, 2.05) is 0 Å². The zero-order valence-electron chi connectivity index (χ0n) is 14.3. The van der Waals surface area contributed by atoms with E-state index >= 15 is 0 Å². The quantitative estimate of drug-likeness (QED) is 0.635. The van der Waals surface area contributed by atoms with Gasteiger partial charge in [-0.25, -0.2) is 22.3 Å². The highest BCUT2D eigenvalue weighted by Crippen LogP contribution is 2.27. The number of urea groups is 1. The Morgan fingerprint density at radius 1 is 1.12 bits per heavy atom. The minimum Gasteiger partial charge on any atom is -0.462 e. The van der Waals surface area contributed by atoms with Gasteiger partial charge in [0.1, 0.15) is 0 Å². The van der Waals surface area contributed by atoms with Crippen molar-refractivity contribution < 1.29 is 22.7 Å². The van der Waals surface area contributed by atoms with Crippen molar-refractivity contribution in [2.45, 2.75) is 56.4 Å². The summed E-state index contributed by atoms with van der Waals surface area (Å²) in [7, 11) is -4.06. The molecular formula is C17H24N2O5S. The summed E-state index contributed by atoms with van der Waals surface area (Å²) in [4.78, 5) is 23.5. The van der Waals surface area contributed by atoms with Gasteiger partial charge >= 0.3 is 12.0 Å². The molecule has 1 fully saturated rings. The molecule has 2 N–H and O–H groups in total. The maximum Gasteiger partial charge on any atom is 0.338 e. The highest BCUT2D eigenvalue weighted by molar-refractivity contribution is 7.89. The molecule has 0 saturated heterocycles. The summed E-state index contributed by atoms with van der Waals surface area (Å²) in [6, 6.07) is 3.95. The van der Waals surface area contributed by atoms with E-state index in [-0.39, 0.29) is 17.1 Å². The lowest BCUT2D eigenvalue weighted by molar-refractivity contribution is 0.0526. The Balaban J connectivity index is 2.30. The molecule has 7 nitrogen and oxygen atoms in total. The summed E-state index contributed by atoms with van der Waals surface area (Å²) in [5.41, 5.74) is 5.64. The van der Waals surface area contributed by atoms with Crippen LogP contribution in [0.1, 0.15) is 55.8 Å². The van der Waals surface area contributed by atoms with Crippen LogP contribution in [0.15, 0.2) is 29.2 Å². The number of esters is 1. The number of nitrogens with two attached hydrogens (primary N) is 1. The third-order valence-electron chi connectivity index (χ3n) is 4.30. The van der Waals surface area contributed by atoms with Crippen LogP contribution in [-0.4, -0.2) is 37.4 Å². The summed E-state index contributed by atoms with van der Waals surface area (Å²) in [6.07, 6.45) is 5.01. The highest BCUT2D eigenvalue weighted by Gasteiger charge is 2.34. The van der Waals surface area contributed by atoms with Gasteiger partial charge < -0.3 is 10.5 Å². The van der Waals surface area contributed by atoms with E-state index in [9.17, 15) is 18.0 Å². The fraction of sp³-hybridized carbons (Fsp3) is 0.529. The van der Waals surface area contributed by atoms with E-state index in [0.29, 0.717) is 12.8 Å². The molecule has 0 aromatic heterocycles. The van der Waals surface area contributed by atoms with Gasteiger partial charge in [-0.2, -0.15) is 0 Å². The molecule has 2 amide bonds. The predicted octanol–water partition coefficient (Wildman–Crippen LogP) is 2.66. The number of carbonyl (C=O) groups is 2. The number of amides is 2. The van der Waals surface area contributed by atoms with Gasteiger partial charge in [-0.1, -0.05) is 25.7 Å². The molecule has 2 rings (SSSR count). The van der Waals surface area contributed by atoms with Gasteiger partial charge in [0, 0.05) is 0 Å². The number of hydrogen-bond acceptors (Lipinski definition) is 5. The number of sulfonamides is 1. The summed E-state index contributed by atoms with van der Waals surface area (Å²) < 4.78 is 31.5. The Morgan fingerprint density at radius 2 is 1.68 bits per heavy atom.